The number of hydrogen-bond acceptors (Lipinski definition) is 3. The van der Waals surface area contributed by atoms with Gasteiger partial charge in [0.25, 0.3) is 5.91 Å². The molecule has 110 valence electrons. The zero-order valence-electron chi connectivity index (χ0n) is 12.7. The van der Waals surface area contributed by atoms with Gasteiger partial charge in [0.15, 0.2) is 0 Å². The van der Waals surface area contributed by atoms with E-state index in [0.29, 0.717) is 11.3 Å². The number of aryl methyl sites for hydroxylation is 1. The van der Waals surface area contributed by atoms with E-state index in [2.05, 4.69) is 36.5 Å². The van der Waals surface area contributed by atoms with Crippen LogP contribution in [-0.4, -0.2) is 20.0 Å². The molecule has 0 bridgehead atoms. The predicted molar refractivity (Wildman–Crippen MR) is 88.1 cm³/mol. The SMILES string of the molecule is CCc1ccc(N(C)c2cc(N)ccc2C(=O)NC)cc1. The van der Waals surface area contributed by atoms with Crippen molar-refractivity contribution in [1.82, 2.24) is 5.32 Å². The minimum atomic E-state index is -0.123. The van der Waals surface area contributed by atoms with Crippen LogP contribution in [-0.2, 0) is 6.42 Å². The fourth-order valence-electron chi connectivity index (χ4n) is 2.25. The van der Waals surface area contributed by atoms with Gasteiger partial charge in [0.05, 0.1) is 11.3 Å². The summed E-state index contributed by atoms with van der Waals surface area (Å²) in [6, 6.07) is 13.6. The Kier molecular flexibility index (Phi) is 4.48. The van der Waals surface area contributed by atoms with Crippen molar-refractivity contribution in [3.8, 4) is 0 Å². The Morgan fingerprint density at radius 3 is 2.43 bits per heavy atom. The Morgan fingerprint density at radius 2 is 1.86 bits per heavy atom. The highest BCUT2D eigenvalue weighted by Crippen LogP contribution is 2.29. The van der Waals surface area contributed by atoms with Crippen molar-refractivity contribution in [1.29, 1.82) is 0 Å². The van der Waals surface area contributed by atoms with Crippen molar-refractivity contribution in [2.75, 3.05) is 24.7 Å². The van der Waals surface area contributed by atoms with Gasteiger partial charge in [-0.05, 0) is 42.3 Å². The average Bonchev–Trinajstić information content (AvgIpc) is 2.53. The van der Waals surface area contributed by atoms with Crippen LogP contribution in [0.25, 0.3) is 0 Å². The van der Waals surface area contributed by atoms with Gasteiger partial charge in [-0.15, -0.1) is 0 Å². The van der Waals surface area contributed by atoms with Crippen molar-refractivity contribution in [2.24, 2.45) is 0 Å². The standard InChI is InChI=1S/C17H21N3O/c1-4-12-5-8-14(9-6-12)20(3)16-11-13(18)7-10-15(16)17(21)19-2/h5-11H,4,18H2,1-3H3,(H,19,21). The highest BCUT2D eigenvalue weighted by molar-refractivity contribution is 6.01. The van der Waals surface area contributed by atoms with Crippen molar-refractivity contribution in [2.45, 2.75) is 13.3 Å². The van der Waals surface area contributed by atoms with Crippen LogP contribution in [0.2, 0.25) is 0 Å². The number of nitrogens with one attached hydrogen (secondary N) is 1. The molecule has 1 amide bonds. The summed E-state index contributed by atoms with van der Waals surface area (Å²) < 4.78 is 0. The predicted octanol–water partition coefficient (Wildman–Crippen LogP) is 2.96. The van der Waals surface area contributed by atoms with E-state index in [0.717, 1.165) is 17.8 Å². The molecule has 0 radical (unpaired) electrons. The number of hydrogen-bond donors (Lipinski definition) is 2. The lowest BCUT2D eigenvalue weighted by molar-refractivity contribution is 0.0963. The van der Waals surface area contributed by atoms with Gasteiger partial charge >= 0.3 is 0 Å². The maximum Gasteiger partial charge on any atom is 0.253 e. The lowest BCUT2D eigenvalue weighted by Crippen LogP contribution is -2.22. The van der Waals surface area contributed by atoms with E-state index in [9.17, 15) is 4.79 Å². The zero-order valence-corrected chi connectivity index (χ0v) is 12.7. The summed E-state index contributed by atoms with van der Waals surface area (Å²) in [6.07, 6.45) is 1.01. The first kappa shape index (κ1) is 14.9. The zero-order chi connectivity index (χ0) is 15.4. The van der Waals surface area contributed by atoms with E-state index in [1.165, 1.54) is 5.56 Å². The van der Waals surface area contributed by atoms with Gasteiger partial charge in [-0.2, -0.15) is 0 Å². The molecule has 0 atom stereocenters. The van der Waals surface area contributed by atoms with Gasteiger partial charge < -0.3 is 16.0 Å². The first-order valence-corrected chi connectivity index (χ1v) is 7.01. The third kappa shape index (κ3) is 3.16. The van der Waals surface area contributed by atoms with Gasteiger partial charge in [0.2, 0.25) is 0 Å². The van der Waals surface area contributed by atoms with Crippen LogP contribution in [0.1, 0.15) is 22.8 Å². The first-order valence-electron chi connectivity index (χ1n) is 7.01. The van der Waals surface area contributed by atoms with Crippen LogP contribution in [0, 0.1) is 0 Å². The molecule has 2 rings (SSSR count). The first-order chi connectivity index (χ1) is 10.1. The Morgan fingerprint density at radius 1 is 1.19 bits per heavy atom. The highest BCUT2D eigenvalue weighted by atomic mass is 16.1. The third-order valence-corrected chi connectivity index (χ3v) is 3.59. The maximum absolute atomic E-state index is 12.0. The van der Waals surface area contributed by atoms with Gasteiger partial charge in [-0.3, -0.25) is 4.79 Å². The van der Waals surface area contributed by atoms with Crippen molar-refractivity contribution in [3.63, 3.8) is 0 Å². The number of carbonyl (C=O) groups excluding carboxylic acids is 1. The van der Waals surface area contributed by atoms with E-state index in [-0.39, 0.29) is 5.91 Å². The highest BCUT2D eigenvalue weighted by Gasteiger charge is 2.14. The quantitative estimate of drug-likeness (QED) is 0.848. The van der Waals surface area contributed by atoms with Gasteiger partial charge in [-0.25, -0.2) is 0 Å². The minimum Gasteiger partial charge on any atom is -0.399 e. The Bertz CT molecular complexity index is 635. The topological polar surface area (TPSA) is 58.4 Å². The monoisotopic (exact) mass is 283 g/mol. The molecule has 0 aliphatic heterocycles. The Hall–Kier alpha value is -2.49. The van der Waals surface area contributed by atoms with Crippen molar-refractivity contribution in [3.05, 3.63) is 53.6 Å². The molecule has 0 saturated carbocycles. The number of carbonyl (C=O) groups is 1. The van der Waals surface area contributed by atoms with Crippen LogP contribution in [0.3, 0.4) is 0 Å². The Balaban J connectivity index is 2.43. The molecule has 0 aromatic heterocycles. The fraction of sp³-hybridized carbons (Fsp3) is 0.235. The second-order valence-corrected chi connectivity index (χ2v) is 4.93. The molecule has 4 heteroatoms. The molecule has 0 heterocycles. The van der Waals surface area contributed by atoms with Crippen LogP contribution in [0.15, 0.2) is 42.5 Å². The van der Waals surface area contributed by atoms with Crippen LogP contribution < -0.4 is 16.0 Å². The van der Waals surface area contributed by atoms with Gasteiger partial charge in [-0.1, -0.05) is 19.1 Å². The number of anilines is 3. The summed E-state index contributed by atoms with van der Waals surface area (Å²) in [7, 11) is 3.56. The molecular weight excluding hydrogens is 262 g/mol. The number of nitrogens with zero attached hydrogens (tertiary/aromatic N) is 1. The molecule has 21 heavy (non-hydrogen) atoms. The Labute approximate surface area is 125 Å². The van der Waals surface area contributed by atoms with E-state index >= 15 is 0 Å². The third-order valence-electron chi connectivity index (χ3n) is 3.59. The average molecular weight is 283 g/mol. The van der Waals surface area contributed by atoms with Gasteiger partial charge in [0.1, 0.15) is 0 Å². The van der Waals surface area contributed by atoms with E-state index < -0.39 is 0 Å². The molecule has 2 aromatic carbocycles. The van der Waals surface area contributed by atoms with E-state index in [1.54, 1.807) is 19.2 Å². The molecule has 0 spiro atoms. The molecular formula is C17H21N3O. The second kappa shape index (κ2) is 6.31. The normalized spacial score (nSPS) is 10.2. The molecule has 0 fully saturated rings. The van der Waals surface area contributed by atoms with E-state index in [4.69, 9.17) is 5.73 Å². The lowest BCUT2D eigenvalue weighted by Gasteiger charge is -2.23. The second-order valence-electron chi connectivity index (χ2n) is 4.93. The number of nitrogen functional groups attached to an aromatic ring is 1. The summed E-state index contributed by atoms with van der Waals surface area (Å²) in [4.78, 5) is 14.0. The van der Waals surface area contributed by atoms with Crippen molar-refractivity contribution >= 4 is 23.0 Å². The van der Waals surface area contributed by atoms with Crippen LogP contribution in [0.5, 0.6) is 0 Å². The molecule has 0 unspecified atom stereocenters. The summed E-state index contributed by atoms with van der Waals surface area (Å²) >= 11 is 0. The molecule has 0 aliphatic rings. The molecule has 4 nitrogen and oxygen atoms in total. The number of amides is 1. The molecule has 0 aliphatic carbocycles. The smallest absolute Gasteiger partial charge is 0.253 e. The molecule has 3 N–H and O–H groups in total. The number of nitrogens with two attached hydrogens (primary N) is 1. The van der Waals surface area contributed by atoms with Crippen LogP contribution in [0.4, 0.5) is 17.1 Å². The van der Waals surface area contributed by atoms with Crippen molar-refractivity contribution < 1.29 is 4.79 Å². The summed E-state index contributed by atoms with van der Waals surface area (Å²) in [5.41, 5.74) is 10.2. The van der Waals surface area contributed by atoms with Gasteiger partial charge in [0, 0.05) is 25.5 Å². The van der Waals surface area contributed by atoms with E-state index in [1.807, 2.05) is 18.0 Å². The number of benzene rings is 2. The number of rotatable bonds is 4. The summed E-state index contributed by atoms with van der Waals surface area (Å²) in [6.45, 7) is 2.13. The summed E-state index contributed by atoms with van der Waals surface area (Å²) in [5, 5.41) is 2.66. The minimum absolute atomic E-state index is 0.123. The summed E-state index contributed by atoms with van der Waals surface area (Å²) in [5.74, 6) is -0.123. The molecule has 0 saturated heterocycles. The fourth-order valence-corrected chi connectivity index (χ4v) is 2.25. The lowest BCUT2D eigenvalue weighted by atomic mass is 10.1. The maximum atomic E-state index is 12.0. The molecule has 2 aromatic rings. The largest absolute Gasteiger partial charge is 0.399 e. The van der Waals surface area contributed by atoms with Crippen LogP contribution >= 0.6 is 0 Å².